The summed E-state index contributed by atoms with van der Waals surface area (Å²) in [6.45, 7) is 0.0858. The van der Waals surface area contributed by atoms with Crippen LogP contribution in [-0.2, 0) is 21.4 Å². The molecule has 0 saturated carbocycles. The minimum Gasteiger partial charge on any atom is -0.489 e. The van der Waals surface area contributed by atoms with Crippen molar-refractivity contribution >= 4 is 21.6 Å². The van der Waals surface area contributed by atoms with Gasteiger partial charge >= 0.3 is 6.36 Å². The van der Waals surface area contributed by atoms with Crippen molar-refractivity contribution in [3.8, 4) is 11.5 Å². The number of nitrogens with one attached hydrogen (secondary N) is 2. The average molecular weight is 495 g/mol. The molecule has 0 unspecified atom stereocenters. The van der Waals surface area contributed by atoms with E-state index in [9.17, 15) is 26.4 Å². The zero-order valence-electron chi connectivity index (χ0n) is 17.6. The summed E-state index contributed by atoms with van der Waals surface area (Å²) in [5, 5.41) is 2.65. The van der Waals surface area contributed by atoms with E-state index in [0.717, 1.165) is 29.8 Å². The predicted octanol–water partition coefficient (Wildman–Crippen LogP) is 3.87. The van der Waals surface area contributed by atoms with Gasteiger partial charge in [-0.3, -0.25) is 9.78 Å². The molecule has 0 aliphatic rings. The van der Waals surface area contributed by atoms with E-state index in [0.29, 0.717) is 18.0 Å². The zero-order chi connectivity index (χ0) is 24.6. The Kier molecular flexibility index (Phi) is 8.08. The molecule has 1 amide bonds. The fraction of sp³-hybridized carbons (Fsp3) is 0.182. The third-order valence-corrected chi connectivity index (χ3v) is 5.73. The molecule has 0 saturated heterocycles. The van der Waals surface area contributed by atoms with Crippen LogP contribution in [0.25, 0.3) is 0 Å². The maximum atomic E-state index is 12.3. The Balaban J connectivity index is 1.47. The summed E-state index contributed by atoms with van der Waals surface area (Å²) in [6, 6.07) is 14.1. The number of halogens is 3. The van der Waals surface area contributed by atoms with Crippen LogP contribution in [-0.4, -0.2) is 32.2 Å². The highest BCUT2D eigenvalue weighted by atomic mass is 32.2. The number of benzene rings is 2. The molecule has 0 radical (unpaired) electrons. The van der Waals surface area contributed by atoms with Crippen LogP contribution in [0.5, 0.6) is 11.5 Å². The molecule has 1 aromatic heterocycles. The van der Waals surface area contributed by atoms with E-state index in [1.54, 1.807) is 42.7 Å². The van der Waals surface area contributed by atoms with Crippen LogP contribution in [0.1, 0.15) is 12.0 Å². The van der Waals surface area contributed by atoms with Gasteiger partial charge in [0.25, 0.3) is 0 Å². The number of nitrogens with zero attached hydrogens (tertiary/aromatic N) is 1. The number of aromatic nitrogens is 1. The zero-order valence-corrected chi connectivity index (χ0v) is 18.4. The van der Waals surface area contributed by atoms with Crippen LogP contribution in [0.3, 0.4) is 0 Å². The topological polar surface area (TPSA) is 107 Å². The Hall–Kier alpha value is -3.64. The molecule has 2 aromatic carbocycles. The van der Waals surface area contributed by atoms with Crippen molar-refractivity contribution in [2.24, 2.45) is 0 Å². The number of hydrogen-bond acceptors (Lipinski definition) is 6. The summed E-state index contributed by atoms with van der Waals surface area (Å²) in [5.41, 5.74) is 1.35. The lowest BCUT2D eigenvalue weighted by atomic mass is 10.2. The maximum Gasteiger partial charge on any atom is 0.573 e. The van der Waals surface area contributed by atoms with Gasteiger partial charge in [-0.2, -0.15) is 0 Å². The first-order valence-corrected chi connectivity index (χ1v) is 11.4. The second kappa shape index (κ2) is 11.0. The van der Waals surface area contributed by atoms with E-state index in [-0.39, 0.29) is 17.9 Å². The lowest BCUT2D eigenvalue weighted by Crippen LogP contribution is -2.27. The van der Waals surface area contributed by atoms with Gasteiger partial charge in [0.15, 0.2) is 0 Å². The van der Waals surface area contributed by atoms with E-state index >= 15 is 0 Å². The summed E-state index contributed by atoms with van der Waals surface area (Å²) in [6.07, 6.45) is -1.72. The van der Waals surface area contributed by atoms with E-state index in [2.05, 4.69) is 19.8 Å². The summed E-state index contributed by atoms with van der Waals surface area (Å²) in [7, 11) is -4.02. The Morgan fingerprint density at radius 3 is 2.44 bits per heavy atom. The van der Waals surface area contributed by atoms with Gasteiger partial charge in [0, 0.05) is 42.7 Å². The van der Waals surface area contributed by atoms with Crippen molar-refractivity contribution in [3.05, 3.63) is 78.6 Å². The van der Waals surface area contributed by atoms with Gasteiger partial charge in [-0.15, -0.1) is 13.2 Å². The molecule has 8 nitrogen and oxygen atoms in total. The highest BCUT2D eigenvalue weighted by molar-refractivity contribution is 7.89. The molecule has 0 spiro atoms. The fourth-order valence-corrected chi connectivity index (χ4v) is 3.77. The number of alkyl halides is 3. The summed E-state index contributed by atoms with van der Waals surface area (Å²) >= 11 is 0. The lowest BCUT2D eigenvalue weighted by Gasteiger charge is -2.11. The molecule has 34 heavy (non-hydrogen) atoms. The quantitative estimate of drug-likeness (QED) is 0.442. The van der Waals surface area contributed by atoms with Gasteiger partial charge in [0.2, 0.25) is 15.9 Å². The third-order valence-electron chi connectivity index (χ3n) is 4.26. The van der Waals surface area contributed by atoms with Gasteiger partial charge < -0.3 is 14.8 Å². The van der Waals surface area contributed by atoms with Gasteiger partial charge in [0.05, 0.1) is 4.90 Å². The van der Waals surface area contributed by atoms with E-state index < -0.39 is 28.0 Å². The number of hydrogen-bond donors (Lipinski definition) is 2. The largest absolute Gasteiger partial charge is 0.573 e. The molecule has 0 bridgehead atoms. The molecule has 3 rings (SSSR count). The molecule has 0 atom stereocenters. The van der Waals surface area contributed by atoms with Crippen molar-refractivity contribution in [2.75, 3.05) is 11.9 Å². The highest BCUT2D eigenvalue weighted by Gasteiger charge is 2.31. The molecule has 12 heteroatoms. The minimum absolute atomic E-state index is 0.171. The molecule has 0 aliphatic heterocycles. The second-order valence-corrected chi connectivity index (χ2v) is 8.66. The van der Waals surface area contributed by atoms with Gasteiger partial charge in [-0.1, -0.05) is 12.1 Å². The van der Waals surface area contributed by atoms with E-state index in [1.165, 1.54) is 0 Å². The number of carbonyl (C=O) groups excluding carboxylic acids is 1. The normalized spacial score (nSPS) is 11.6. The molecule has 180 valence electrons. The SMILES string of the molecule is O=C(CCNS(=O)(=O)c1ccc(OC(F)(F)F)cc1)Nc1cccc(OCc2cccnc2)c1. The first kappa shape index (κ1) is 25.0. The Bertz CT molecular complexity index is 1200. The van der Waals surface area contributed by atoms with Gasteiger partial charge in [-0.05, 0) is 42.5 Å². The first-order valence-electron chi connectivity index (χ1n) is 9.88. The number of anilines is 1. The highest BCUT2D eigenvalue weighted by Crippen LogP contribution is 2.24. The molecular weight excluding hydrogens is 475 g/mol. The average Bonchev–Trinajstić information content (AvgIpc) is 2.78. The maximum absolute atomic E-state index is 12.3. The van der Waals surface area contributed by atoms with Crippen molar-refractivity contribution in [1.82, 2.24) is 9.71 Å². The van der Waals surface area contributed by atoms with E-state index in [1.807, 2.05) is 6.07 Å². The van der Waals surface area contributed by atoms with Crippen molar-refractivity contribution in [3.63, 3.8) is 0 Å². The van der Waals surface area contributed by atoms with Crippen LogP contribution in [0.15, 0.2) is 78.0 Å². The molecule has 0 fully saturated rings. The summed E-state index contributed by atoms with van der Waals surface area (Å²) < 4.78 is 72.8. The number of rotatable bonds is 10. The lowest BCUT2D eigenvalue weighted by molar-refractivity contribution is -0.274. The number of pyridine rings is 1. The fourth-order valence-electron chi connectivity index (χ4n) is 2.74. The van der Waals surface area contributed by atoms with Gasteiger partial charge in [-0.25, -0.2) is 13.1 Å². The van der Waals surface area contributed by atoms with Crippen LogP contribution in [0, 0.1) is 0 Å². The molecule has 1 heterocycles. The van der Waals surface area contributed by atoms with Crippen LogP contribution in [0.2, 0.25) is 0 Å². The van der Waals surface area contributed by atoms with Crippen molar-refractivity contribution in [1.29, 1.82) is 0 Å². The molecule has 0 aliphatic carbocycles. The Morgan fingerprint density at radius 2 is 1.76 bits per heavy atom. The van der Waals surface area contributed by atoms with Gasteiger partial charge in [0.1, 0.15) is 18.1 Å². The molecular formula is C22H20F3N3O5S. The predicted molar refractivity (Wildman–Crippen MR) is 117 cm³/mol. The molecule has 3 aromatic rings. The minimum atomic E-state index is -4.88. The number of sulfonamides is 1. The Labute approximate surface area is 193 Å². The monoisotopic (exact) mass is 495 g/mol. The van der Waals surface area contributed by atoms with Crippen LogP contribution in [0.4, 0.5) is 18.9 Å². The summed E-state index contributed by atoms with van der Waals surface area (Å²) in [4.78, 5) is 15.9. The third kappa shape index (κ3) is 8.05. The van der Waals surface area contributed by atoms with E-state index in [4.69, 9.17) is 4.74 Å². The van der Waals surface area contributed by atoms with Crippen molar-refractivity contribution in [2.45, 2.75) is 24.3 Å². The van der Waals surface area contributed by atoms with Crippen LogP contribution < -0.4 is 19.5 Å². The Morgan fingerprint density at radius 1 is 1.00 bits per heavy atom. The smallest absolute Gasteiger partial charge is 0.489 e. The number of amides is 1. The summed E-state index contributed by atoms with van der Waals surface area (Å²) in [5.74, 6) is -0.459. The number of carbonyl (C=O) groups is 1. The second-order valence-electron chi connectivity index (χ2n) is 6.89. The number of ether oxygens (including phenoxy) is 2. The standard InChI is InChI=1S/C22H20F3N3O5S/c23-22(24,25)33-18-6-8-20(9-7-18)34(30,31)27-12-10-21(29)28-17-4-1-5-19(13-17)32-15-16-3-2-11-26-14-16/h1-9,11,13-14,27H,10,12,15H2,(H,28,29). The first-order chi connectivity index (χ1) is 16.1. The molecule has 2 N–H and O–H groups in total. The van der Waals surface area contributed by atoms with Crippen molar-refractivity contribution < 1.29 is 35.9 Å². The van der Waals surface area contributed by atoms with Crippen LogP contribution >= 0.6 is 0 Å².